The normalized spacial score (nSPS) is 13.2. The van der Waals surface area contributed by atoms with Crippen LogP contribution < -0.4 is 9.80 Å². The van der Waals surface area contributed by atoms with Gasteiger partial charge >= 0.3 is 6.09 Å². The summed E-state index contributed by atoms with van der Waals surface area (Å²) in [4.78, 5) is 17.0. The van der Waals surface area contributed by atoms with Crippen molar-refractivity contribution in [2.75, 3.05) is 19.3 Å². The fraction of sp³-hybridized carbons (Fsp3) is 0.263. The Balaban J connectivity index is 1.72. The first-order valence-corrected chi connectivity index (χ1v) is 8.28. The van der Waals surface area contributed by atoms with Gasteiger partial charge in [-0.25, -0.2) is 9.48 Å². The highest BCUT2D eigenvalue weighted by Crippen LogP contribution is 2.23. The lowest BCUT2D eigenvalue weighted by molar-refractivity contribution is 0.115. The summed E-state index contributed by atoms with van der Waals surface area (Å²) in [7, 11) is 2.70. The van der Waals surface area contributed by atoms with Crippen LogP contribution in [0.15, 0.2) is 54.8 Å². The van der Waals surface area contributed by atoms with Gasteiger partial charge in [0, 0.05) is 17.8 Å². The lowest BCUT2D eigenvalue weighted by atomic mass is 10.1. The highest BCUT2D eigenvalue weighted by molar-refractivity contribution is 5.86. The van der Waals surface area contributed by atoms with E-state index in [9.17, 15) is 4.79 Å². The van der Waals surface area contributed by atoms with Gasteiger partial charge in [-0.3, -0.25) is 4.84 Å². The Bertz CT molecular complexity index is 826. The van der Waals surface area contributed by atoms with Crippen LogP contribution in [0, 0.1) is 0 Å². The minimum atomic E-state index is -0.611. The van der Waals surface area contributed by atoms with Crippen LogP contribution in [0.25, 0.3) is 5.70 Å². The van der Waals surface area contributed by atoms with E-state index < -0.39 is 6.09 Å². The zero-order valence-corrected chi connectivity index (χ0v) is 14.8. The van der Waals surface area contributed by atoms with Crippen molar-refractivity contribution in [2.24, 2.45) is 0 Å². The van der Waals surface area contributed by atoms with Crippen molar-refractivity contribution in [3.8, 4) is 5.88 Å². The van der Waals surface area contributed by atoms with Crippen LogP contribution in [0.1, 0.15) is 18.4 Å². The molecule has 0 fully saturated rings. The molecule has 1 aliphatic carbocycles. The number of amides is 1. The molecule has 26 heavy (non-hydrogen) atoms. The lowest BCUT2D eigenvalue weighted by Crippen LogP contribution is -2.30. The molecule has 1 aromatic carbocycles. The quantitative estimate of drug-likeness (QED) is 0.738. The number of nitrogens with zero attached hydrogens (tertiary/aromatic N) is 3. The molecule has 3 rings (SSSR count). The van der Waals surface area contributed by atoms with Crippen molar-refractivity contribution >= 4 is 17.5 Å². The maximum atomic E-state index is 11.9. The highest BCUT2D eigenvalue weighted by atomic mass is 16.7. The number of aromatic nitrogens is 2. The van der Waals surface area contributed by atoms with Gasteiger partial charge in [-0.2, -0.15) is 5.06 Å². The van der Waals surface area contributed by atoms with Crippen LogP contribution >= 0.6 is 0 Å². The van der Waals surface area contributed by atoms with E-state index >= 15 is 0 Å². The van der Waals surface area contributed by atoms with Gasteiger partial charge in [0.15, 0.2) is 0 Å². The van der Waals surface area contributed by atoms with Crippen molar-refractivity contribution in [3.05, 3.63) is 60.3 Å². The molecule has 0 aliphatic heterocycles. The van der Waals surface area contributed by atoms with E-state index in [1.807, 2.05) is 30.5 Å². The molecule has 7 heteroatoms. The van der Waals surface area contributed by atoms with E-state index in [4.69, 9.17) is 14.3 Å². The molecule has 1 aliphatic rings. The predicted octanol–water partition coefficient (Wildman–Crippen LogP) is 3.79. The fourth-order valence-corrected chi connectivity index (χ4v) is 2.63. The monoisotopic (exact) mass is 355 g/mol. The highest BCUT2D eigenvalue weighted by Gasteiger charge is 2.19. The minimum absolute atomic E-state index is 0.235. The van der Waals surface area contributed by atoms with Crippen LogP contribution in [0.5, 0.6) is 5.88 Å². The SMILES string of the molecule is COC(=O)N(OC)c1ccccc1COc1ccn(C2=CCCC=C2)n1. The molecule has 1 aromatic heterocycles. The molecule has 0 atom stereocenters. The van der Waals surface area contributed by atoms with E-state index in [0.717, 1.165) is 29.2 Å². The number of carbonyl (C=O) groups excluding carboxylic acids is 1. The number of para-hydroxylation sites is 1. The first-order chi connectivity index (χ1) is 12.7. The minimum Gasteiger partial charge on any atom is -0.472 e. The second kappa shape index (κ2) is 8.35. The molecule has 7 nitrogen and oxygen atoms in total. The summed E-state index contributed by atoms with van der Waals surface area (Å²) in [6.45, 7) is 0.235. The molecule has 136 valence electrons. The second-order valence-electron chi connectivity index (χ2n) is 5.57. The molecule has 0 bridgehead atoms. The third-order valence-corrected chi connectivity index (χ3v) is 3.91. The zero-order valence-electron chi connectivity index (χ0n) is 14.8. The maximum Gasteiger partial charge on any atom is 0.438 e. The number of hydrogen-bond acceptors (Lipinski definition) is 5. The van der Waals surface area contributed by atoms with E-state index in [1.54, 1.807) is 16.8 Å². The molecule has 1 amide bonds. The number of carbonyl (C=O) groups is 1. The largest absolute Gasteiger partial charge is 0.472 e. The molecule has 0 saturated heterocycles. The maximum absolute atomic E-state index is 11.9. The summed E-state index contributed by atoms with van der Waals surface area (Å²) in [5.74, 6) is 0.502. The Kier molecular flexibility index (Phi) is 5.70. The average Bonchev–Trinajstić information content (AvgIpc) is 3.17. The molecule has 0 saturated carbocycles. The molecular weight excluding hydrogens is 334 g/mol. The van der Waals surface area contributed by atoms with Gasteiger partial charge in [-0.05, 0) is 25.0 Å². The van der Waals surface area contributed by atoms with Crippen LogP contribution in [0.3, 0.4) is 0 Å². The predicted molar refractivity (Wildman–Crippen MR) is 97.5 cm³/mol. The van der Waals surface area contributed by atoms with Gasteiger partial charge in [0.05, 0.1) is 25.6 Å². The first kappa shape index (κ1) is 17.8. The first-order valence-electron chi connectivity index (χ1n) is 8.28. The van der Waals surface area contributed by atoms with E-state index in [0.29, 0.717) is 11.6 Å². The van der Waals surface area contributed by atoms with Crippen molar-refractivity contribution in [2.45, 2.75) is 19.4 Å². The van der Waals surface area contributed by atoms with Crippen molar-refractivity contribution in [1.29, 1.82) is 0 Å². The summed E-state index contributed by atoms with van der Waals surface area (Å²) in [6.07, 6.45) is 9.62. The Morgan fingerprint density at radius 2 is 2.08 bits per heavy atom. The van der Waals surface area contributed by atoms with Crippen LogP contribution in [-0.4, -0.2) is 30.1 Å². The molecule has 0 spiro atoms. The summed E-state index contributed by atoms with van der Waals surface area (Å²) in [5.41, 5.74) is 2.35. The van der Waals surface area contributed by atoms with Gasteiger partial charge in [-0.1, -0.05) is 30.4 Å². The number of benzene rings is 1. The molecule has 1 heterocycles. The van der Waals surface area contributed by atoms with Gasteiger partial charge in [0.1, 0.15) is 6.61 Å². The number of hydrogen-bond donors (Lipinski definition) is 0. The van der Waals surface area contributed by atoms with Gasteiger partial charge < -0.3 is 9.47 Å². The number of anilines is 1. The number of ether oxygens (including phenoxy) is 2. The van der Waals surface area contributed by atoms with Gasteiger partial charge in [0.2, 0.25) is 5.88 Å². The number of hydroxylamine groups is 1. The number of allylic oxidation sites excluding steroid dienone is 4. The molecular formula is C19H21N3O4. The molecule has 0 N–H and O–H groups in total. The topological polar surface area (TPSA) is 65.8 Å². The summed E-state index contributed by atoms with van der Waals surface area (Å²) in [5, 5.41) is 5.51. The average molecular weight is 355 g/mol. The van der Waals surface area contributed by atoms with Crippen molar-refractivity contribution in [1.82, 2.24) is 9.78 Å². The van der Waals surface area contributed by atoms with Crippen LogP contribution in [0.4, 0.5) is 10.5 Å². The Labute approximate surface area is 152 Å². The van der Waals surface area contributed by atoms with Gasteiger partial charge in [-0.15, -0.1) is 5.10 Å². The third-order valence-electron chi connectivity index (χ3n) is 3.91. The summed E-state index contributed by atoms with van der Waals surface area (Å²) < 4.78 is 12.3. The number of methoxy groups -OCH3 is 1. The fourth-order valence-electron chi connectivity index (χ4n) is 2.63. The van der Waals surface area contributed by atoms with Crippen molar-refractivity contribution < 1.29 is 19.1 Å². The summed E-state index contributed by atoms with van der Waals surface area (Å²) in [6, 6.07) is 9.09. The third kappa shape index (κ3) is 3.94. The van der Waals surface area contributed by atoms with E-state index in [2.05, 4.69) is 17.3 Å². The standard InChI is InChI=1S/C19H21N3O4/c1-24-19(23)22(25-2)17-11-7-6-8-15(17)14-26-18-12-13-21(20-18)16-9-4-3-5-10-16/h4,6-13H,3,5,14H2,1-2H3. The second-order valence-corrected chi connectivity index (χ2v) is 5.57. The molecule has 0 unspecified atom stereocenters. The molecule has 0 radical (unpaired) electrons. The van der Waals surface area contributed by atoms with Crippen LogP contribution in [0.2, 0.25) is 0 Å². The molecule has 2 aromatic rings. The zero-order chi connectivity index (χ0) is 18.4. The lowest BCUT2D eigenvalue weighted by Gasteiger charge is -2.20. The van der Waals surface area contributed by atoms with Crippen LogP contribution in [-0.2, 0) is 16.2 Å². The van der Waals surface area contributed by atoms with E-state index in [1.165, 1.54) is 14.2 Å². The van der Waals surface area contributed by atoms with Gasteiger partial charge in [0.25, 0.3) is 0 Å². The smallest absolute Gasteiger partial charge is 0.438 e. The Hall–Kier alpha value is -3.06. The summed E-state index contributed by atoms with van der Waals surface area (Å²) >= 11 is 0. The Morgan fingerprint density at radius 1 is 1.23 bits per heavy atom. The Morgan fingerprint density at radius 3 is 2.81 bits per heavy atom. The number of rotatable bonds is 6. The van der Waals surface area contributed by atoms with Crippen molar-refractivity contribution in [3.63, 3.8) is 0 Å². The van der Waals surface area contributed by atoms with E-state index in [-0.39, 0.29) is 6.61 Å².